The highest BCUT2D eigenvalue weighted by Crippen LogP contribution is 2.56. The number of alkyl halides is 10. The molecule has 0 bridgehead atoms. The van der Waals surface area contributed by atoms with Crippen molar-refractivity contribution in [3.63, 3.8) is 0 Å². The first-order valence-electron chi connectivity index (χ1n) is 13.7. The molecule has 1 amide bonds. The Bertz CT molecular complexity index is 1520. The fourth-order valence-corrected chi connectivity index (χ4v) is 4.76. The number of carbonyl (C=O) groups is 2. The van der Waals surface area contributed by atoms with Crippen LogP contribution in [0.1, 0.15) is 56.9 Å². The lowest BCUT2D eigenvalue weighted by atomic mass is 9.73. The van der Waals surface area contributed by atoms with Gasteiger partial charge in [-0.2, -0.15) is 43.9 Å². The van der Waals surface area contributed by atoms with Crippen molar-refractivity contribution in [1.29, 1.82) is 0 Å². The minimum absolute atomic E-state index is 0.265. The van der Waals surface area contributed by atoms with Gasteiger partial charge >= 0.3 is 24.2 Å². The molecule has 14 heteroatoms. The molecule has 0 spiro atoms. The summed E-state index contributed by atoms with van der Waals surface area (Å²) in [6.07, 6.45) is -11.8. The summed E-state index contributed by atoms with van der Waals surface area (Å²) >= 11 is 0. The molecule has 0 unspecified atom stereocenters. The lowest BCUT2D eigenvalue weighted by Crippen LogP contribution is -2.54. The van der Waals surface area contributed by atoms with Crippen LogP contribution in [0.15, 0.2) is 72.8 Å². The maximum atomic E-state index is 14.9. The standard InChI is InChI=1S/C32H30F10N2O2/c1-18(2)25(45)29(33,34)21-6-8-22(9-7-21)30(35,36)26(46)43-23-14-10-19(11-15-23)28(31(37,38)39,32(40,41)42)20-12-16-24(17-13-20)44-27(3,4)5/h6-18,44H,1-5H3,(H,43,46). The van der Waals surface area contributed by atoms with Gasteiger partial charge in [0, 0.05) is 34.0 Å². The molecular weight excluding hydrogens is 634 g/mol. The second-order valence-corrected chi connectivity index (χ2v) is 12.0. The van der Waals surface area contributed by atoms with E-state index in [1.165, 1.54) is 13.8 Å². The molecule has 0 saturated carbocycles. The number of halogens is 10. The van der Waals surface area contributed by atoms with Crippen molar-refractivity contribution in [3.05, 3.63) is 95.1 Å². The third kappa shape index (κ3) is 7.00. The molecular formula is C32H30F10N2O2. The van der Waals surface area contributed by atoms with Crippen LogP contribution in [0.4, 0.5) is 55.3 Å². The first kappa shape index (κ1) is 36.4. The topological polar surface area (TPSA) is 58.2 Å². The molecule has 4 nitrogen and oxygen atoms in total. The zero-order chi connectivity index (χ0) is 35.1. The van der Waals surface area contributed by atoms with E-state index in [9.17, 15) is 53.5 Å². The Morgan fingerprint density at radius 3 is 1.24 bits per heavy atom. The third-order valence-corrected chi connectivity index (χ3v) is 6.99. The summed E-state index contributed by atoms with van der Waals surface area (Å²) in [5, 5.41) is 4.66. The third-order valence-electron chi connectivity index (χ3n) is 6.99. The van der Waals surface area contributed by atoms with E-state index in [4.69, 9.17) is 0 Å². The Morgan fingerprint density at radius 1 is 0.543 bits per heavy atom. The number of benzene rings is 3. The molecule has 0 aliphatic heterocycles. The van der Waals surface area contributed by atoms with Crippen LogP contribution >= 0.6 is 0 Å². The smallest absolute Gasteiger partial charge is 0.380 e. The monoisotopic (exact) mass is 664 g/mol. The SMILES string of the molecule is CC(C)C(=O)C(F)(F)c1ccc(C(F)(F)C(=O)Nc2ccc(C(c3ccc(NC(C)(C)C)cc3)(C(F)(F)F)C(F)(F)F)cc2)cc1. The number of hydrogen-bond donors (Lipinski definition) is 2. The number of Topliss-reactive ketones (excluding diaryl/α,β-unsaturated/α-hetero) is 1. The Hall–Kier alpha value is -4.10. The van der Waals surface area contributed by atoms with Gasteiger partial charge in [0.2, 0.25) is 11.2 Å². The van der Waals surface area contributed by atoms with Crippen molar-refractivity contribution >= 4 is 23.1 Å². The van der Waals surface area contributed by atoms with E-state index < -0.39 is 80.7 Å². The molecule has 3 aromatic rings. The van der Waals surface area contributed by atoms with Gasteiger partial charge in [0.1, 0.15) is 0 Å². The van der Waals surface area contributed by atoms with Crippen LogP contribution in [0.5, 0.6) is 0 Å². The molecule has 0 atom stereocenters. The van der Waals surface area contributed by atoms with E-state index in [0.717, 1.165) is 12.1 Å². The van der Waals surface area contributed by atoms with Crippen molar-refractivity contribution in [1.82, 2.24) is 0 Å². The number of hydrogen-bond acceptors (Lipinski definition) is 3. The molecule has 0 aliphatic carbocycles. The summed E-state index contributed by atoms with van der Waals surface area (Å²) in [5.74, 6) is -12.9. The summed E-state index contributed by atoms with van der Waals surface area (Å²) in [6.45, 7) is 7.67. The van der Waals surface area contributed by atoms with E-state index >= 15 is 0 Å². The van der Waals surface area contributed by atoms with Crippen LogP contribution in [-0.2, 0) is 26.8 Å². The molecule has 0 saturated heterocycles. The van der Waals surface area contributed by atoms with Crippen molar-refractivity contribution < 1.29 is 53.5 Å². The molecule has 0 fully saturated rings. The average Bonchev–Trinajstić information content (AvgIpc) is 2.92. The highest BCUT2D eigenvalue weighted by molar-refractivity contribution is 5.96. The van der Waals surface area contributed by atoms with Gasteiger partial charge in [-0.15, -0.1) is 0 Å². The number of amides is 1. The summed E-state index contributed by atoms with van der Waals surface area (Å²) in [6, 6.07) is 7.65. The molecule has 2 N–H and O–H groups in total. The summed E-state index contributed by atoms with van der Waals surface area (Å²) < 4.78 is 145. The zero-order valence-electron chi connectivity index (χ0n) is 25.1. The lowest BCUT2D eigenvalue weighted by molar-refractivity contribution is -0.288. The minimum Gasteiger partial charge on any atom is -0.380 e. The largest absolute Gasteiger partial charge is 0.411 e. The van der Waals surface area contributed by atoms with Crippen LogP contribution in [0.2, 0.25) is 0 Å². The zero-order valence-corrected chi connectivity index (χ0v) is 25.1. The first-order chi connectivity index (χ1) is 20.9. The molecule has 0 heterocycles. The van der Waals surface area contributed by atoms with Gasteiger partial charge in [-0.1, -0.05) is 62.4 Å². The molecule has 3 aromatic carbocycles. The number of anilines is 2. The maximum absolute atomic E-state index is 14.9. The minimum atomic E-state index is -5.91. The number of ketones is 1. The second kappa shape index (κ2) is 12.3. The van der Waals surface area contributed by atoms with Crippen LogP contribution < -0.4 is 10.6 Å². The summed E-state index contributed by atoms with van der Waals surface area (Å²) in [5.41, 5.74) is -9.76. The van der Waals surface area contributed by atoms with E-state index in [1.807, 2.05) is 0 Å². The second-order valence-electron chi connectivity index (χ2n) is 12.0. The average molecular weight is 665 g/mol. The molecule has 0 radical (unpaired) electrons. The van der Waals surface area contributed by atoms with Gasteiger partial charge < -0.3 is 10.6 Å². The van der Waals surface area contributed by atoms with Crippen molar-refractivity contribution in [2.75, 3.05) is 10.6 Å². The van der Waals surface area contributed by atoms with Crippen molar-refractivity contribution in [2.45, 2.75) is 69.8 Å². The quantitative estimate of drug-likeness (QED) is 0.224. The van der Waals surface area contributed by atoms with Gasteiger partial charge in [-0.05, 0) is 56.2 Å². The lowest BCUT2D eigenvalue weighted by Gasteiger charge is -2.38. The van der Waals surface area contributed by atoms with Crippen LogP contribution in [0.3, 0.4) is 0 Å². The van der Waals surface area contributed by atoms with E-state index in [0.29, 0.717) is 60.7 Å². The van der Waals surface area contributed by atoms with Gasteiger partial charge in [-0.3, -0.25) is 9.59 Å². The van der Waals surface area contributed by atoms with Crippen LogP contribution in [0, 0.1) is 5.92 Å². The molecule has 3 rings (SSSR count). The fourth-order valence-electron chi connectivity index (χ4n) is 4.76. The normalized spacial score (nSPS) is 13.5. The van der Waals surface area contributed by atoms with Crippen LogP contribution in [-0.4, -0.2) is 29.6 Å². The highest BCUT2D eigenvalue weighted by atomic mass is 19.4. The highest BCUT2D eigenvalue weighted by Gasteiger charge is 2.72. The van der Waals surface area contributed by atoms with Gasteiger partial charge in [0.25, 0.3) is 5.91 Å². The predicted molar refractivity (Wildman–Crippen MR) is 152 cm³/mol. The maximum Gasteiger partial charge on any atom is 0.411 e. The van der Waals surface area contributed by atoms with E-state index in [1.54, 1.807) is 26.1 Å². The molecule has 46 heavy (non-hydrogen) atoms. The van der Waals surface area contributed by atoms with Crippen molar-refractivity contribution in [3.8, 4) is 0 Å². The summed E-state index contributed by atoms with van der Waals surface area (Å²) in [7, 11) is 0. The van der Waals surface area contributed by atoms with E-state index in [-0.39, 0.29) is 5.69 Å². The fraction of sp³-hybridized carbons (Fsp3) is 0.375. The Morgan fingerprint density at radius 2 is 0.891 bits per heavy atom. The molecule has 0 aromatic heterocycles. The van der Waals surface area contributed by atoms with Gasteiger partial charge in [0.15, 0.2) is 0 Å². The number of carbonyl (C=O) groups excluding carboxylic acids is 2. The van der Waals surface area contributed by atoms with Gasteiger partial charge in [-0.25, -0.2) is 0 Å². The Kier molecular flexibility index (Phi) is 9.69. The van der Waals surface area contributed by atoms with Crippen molar-refractivity contribution in [2.24, 2.45) is 5.92 Å². The number of nitrogens with one attached hydrogen (secondary N) is 2. The first-order valence-corrected chi connectivity index (χ1v) is 13.7. The predicted octanol–water partition coefficient (Wildman–Crippen LogP) is 9.36. The Balaban J connectivity index is 1.94. The number of rotatable bonds is 9. The Labute approximate surface area is 258 Å². The van der Waals surface area contributed by atoms with E-state index in [2.05, 4.69) is 5.32 Å². The van der Waals surface area contributed by atoms with Gasteiger partial charge in [0.05, 0.1) is 0 Å². The molecule has 0 aliphatic rings. The molecule has 250 valence electrons. The van der Waals surface area contributed by atoms with Crippen LogP contribution in [0.25, 0.3) is 0 Å². The summed E-state index contributed by atoms with van der Waals surface area (Å²) in [4.78, 5) is 24.2.